The van der Waals surface area contributed by atoms with Crippen molar-refractivity contribution in [3.8, 4) is 11.8 Å². The van der Waals surface area contributed by atoms with Gasteiger partial charge >= 0.3 is 0 Å². The van der Waals surface area contributed by atoms with Crippen molar-refractivity contribution in [1.29, 1.82) is 5.26 Å². The molecular weight excluding hydrogens is 245 g/mol. The highest BCUT2D eigenvalue weighted by atomic mass is 35.5. The maximum Gasteiger partial charge on any atom is 0.138 e. The Labute approximate surface area is 105 Å². The van der Waals surface area contributed by atoms with E-state index in [1.807, 2.05) is 13.0 Å². The fourth-order valence-corrected chi connectivity index (χ4v) is 2.45. The number of benzene rings is 1. The highest BCUT2D eigenvalue weighted by molar-refractivity contribution is 6.43. The molecule has 1 saturated carbocycles. The minimum absolute atomic E-state index is 0.188. The number of hydrogen-bond donors (Lipinski definition) is 0. The quantitative estimate of drug-likeness (QED) is 0.800. The van der Waals surface area contributed by atoms with Gasteiger partial charge in [-0.05, 0) is 25.0 Å². The molecule has 2 nitrogen and oxygen atoms in total. The largest absolute Gasteiger partial charge is 0.495 e. The first-order chi connectivity index (χ1) is 7.53. The minimum atomic E-state index is -0.290. The molecule has 4 heteroatoms. The number of nitrogens with zero attached hydrogens (tertiary/aromatic N) is 1. The Bertz CT molecular complexity index is 481. The van der Waals surface area contributed by atoms with Crippen LogP contribution in [0.4, 0.5) is 0 Å². The van der Waals surface area contributed by atoms with Gasteiger partial charge in [-0.15, -0.1) is 0 Å². The van der Waals surface area contributed by atoms with Crippen LogP contribution in [0.1, 0.15) is 24.8 Å². The zero-order valence-electron chi connectivity index (χ0n) is 9.05. The lowest BCUT2D eigenvalue weighted by Crippen LogP contribution is -1.95. The van der Waals surface area contributed by atoms with Gasteiger partial charge in [0.1, 0.15) is 10.8 Å². The van der Waals surface area contributed by atoms with Crippen LogP contribution < -0.4 is 4.74 Å². The van der Waals surface area contributed by atoms with Gasteiger partial charge in [0, 0.05) is 5.92 Å². The molecule has 16 heavy (non-hydrogen) atoms. The van der Waals surface area contributed by atoms with E-state index < -0.39 is 0 Å². The van der Waals surface area contributed by atoms with Gasteiger partial charge in [0.15, 0.2) is 0 Å². The summed E-state index contributed by atoms with van der Waals surface area (Å²) in [5.74, 6) is 0.753. The lowest BCUT2D eigenvalue weighted by molar-refractivity contribution is 0.415. The number of nitriles is 1. The summed E-state index contributed by atoms with van der Waals surface area (Å²) in [4.78, 5) is 0. The smallest absolute Gasteiger partial charge is 0.138 e. The summed E-state index contributed by atoms with van der Waals surface area (Å²) in [6.07, 6.45) is 0.839. The molecule has 0 aliphatic heterocycles. The fraction of sp³-hybridized carbons (Fsp3) is 0.417. The van der Waals surface area contributed by atoms with E-state index in [9.17, 15) is 0 Å². The topological polar surface area (TPSA) is 33.0 Å². The summed E-state index contributed by atoms with van der Waals surface area (Å²) < 4.78 is 5.08. The first-order valence-electron chi connectivity index (χ1n) is 4.96. The number of rotatable bonds is 2. The monoisotopic (exact) mass is 255 g/mol. The molecule has 1 aromatic rings. The molecule has 0 saturated heterocycles. The van der Waals surface area contributed by atoms with Crippen molar-refractivity contribution in [1.82, 2.24) is 0 Å². The van der Waals surface area contributed by atoms with Crippen molar-refractivity contribution in [2.75, 3.05) is 7.11 Å². The summed E-state index contributed by atoms with van der Waals surface area (Å²) in [6.45, 7) is 1.94. The Kier molecular flexibility index (Phi) is 2.77. The van der Waals surface area contributed by atoms with Gasteiger partial charge in [-0.1, -0.05) is 29.3 Å². The van der Waals surface area contributed by atoms with E-state index in [2.05, 4.69) is 6.07 Å². The van der Waals surface area contributed by atoms with Crippen LogP contribution in [0, 0.1) is 16.7 Å². The maximum atomic E-state index is 9.01. The average molecular weight is 256 g/mol. The van der Waals surface area contributed by atoms with Gasteiger partial charge in [0.05, 0.1) is 23.6 Å². The molecule has 0 heterocycles. The van der Waals surface area contributed by atoms with Gasteiger partial charge in [-0.3, -0.25) is 0 Å². The molecule has 0 radical (unpaired) electrons. The van der Waals surface area contributed by atoms with Gasteiger partial charge in [0.2, 0.25) is 0 Å². The van der Waals surface area contributed by atoms with E-state index in [1.54, 1.807) is 13.2 Å². The van der Waals surface area contributed by atoms with Crippen LogP contribution in [0.3, 0.4) is 0 Å². The summed E-state index contributed by atoms with van der Waals surface area (Å²) in [5.41, 5.74) is 0.651. The predicted octanol–water partition coefficient (Wildman–Crippen LogP) is 4.02. The van der Waals surface area contributed by atoms with E-state index in [0.717, 1.165) is 12.0 Å². The Balaban J connectivity index is 2.39. The number of halogens is 2. The first kappa shape index (κ1) is 11.6. The SMILES string of the molecule is COc1ccc(C2CC2(C)C#N)c(Cl)c1Cl. The van der Waals surface area contributed by atoms with Gasteiger partial charge in [-0.25, -0.2) is 0 Å². The third kappa shape index (κ3) is 1.65. The van der Waals surface area contributed by atoms with E-state index >= 15 is 0 Å². The number of hydrogen-bond acceptors (Lipinski definition) is 2. The van der Waals surface area contributed by atoms with Crippen LogP contribution in [0.2, 0.25) is 10.0 Å². The first-order valence-corrected chi connectivity index (χ1v) is 5.72. The van der Waals surface area contributed by atoms with Gasteiger partial charge in [-0.2, -0.15) is 5.26 Å². The fourth-order valence-electron chi connectivity index (χ4n) is 1.92. The molecule has 84 valence electrons. The molecule has 1 fully saturated rings. The van der Waals surface area contributed by atoms with Gasteiger partial charge < -0.3 is 4.74 Å². The van der Waals surface area contributed by atoms with Crippen molar-refractivity contribution in [2.45, 2.75) is 19.3 Å². The Hall–Kier alpha value is -0.910. The molecule has 2 unspecified atom stereocenters. The molecule has 1 aromatic carbocycles. The van der Waals surface area contributed by atoms with Crippen molar-refractivity contribution in [3.63, 3.8) is 0 Å². The zero-order valence-corrected chi connectivity index (χ0v) is 10.6. The Morgan fingerprint density at radius 1 is 1.44 bits per heavy atom. The van der Waals surface area contributed by atoms with Crippen LogP contribution >= 0.6 is 23.2 Å². The molecule has 0 aromatic heterocycles. The second-order valence-corrected chi connectivity index (χ2v) is 5.03. The van der Waals surface area contributed by atoms with Crippen LogP contribution in [-0.2, 0) is 0 Å². The lowest BCUT2D eigenvalue weighted by atomic mass is 10.0. The van der Waals surface area contributed by atoms with Crippen molar-refractivity contribution in [3.05, 3.63) is 27.7 Å². The predicted molar refractivity (Wildman–Crippen MR) is 64.1 cm³/mol. The molecular formula is C12H11Cl2NO. The van der Waals surface area contributed by atoms with E-state index in [1.165, 1.54) is 0 Å². The molecule has 2 atom stereocenters. The highest BCUT2D eigenvalue weighted by Crippen LogP contribution is 2.60. The summed E-state index contributed by atoms with van der Waals surface area (Å²) >= 11 is 12.2. The molecule has 1 aliphatic carbocycles. The van der Waals surface area contributed by atoms with E-state index in [-0.39, 0.29) is 11.3 Å². The molecule has 0 amide bonds. The second-order valence-electron chi connectivity index (χ2n) is 4.27. The lowest BCUT2D eigenvalue weighted by Gasteiger charge is -2.09. The average Bonchev–Trinajstić information content (AvgIpc) is 2.95. The highest BCUT2D eigenvalue weighted by Gasteiger charge is 2.52. The molecule has 1 aliphatic rings. The Morgan fingerprint density at radius 2 is 2.12 bits per heavy atom. The standard InChI is InChI=1S/C12H11Cl2NO/c1-12(6-15)5-8(12)7-3-4-9(16-2)11(14)10(7)13/h3-4,8H,5H2,1-2H3. The maximum absolute atomic E-state index is 9.01. The van der Waals surface area contributed by atoms with Crippen LogP contribution in [-0.4, -0.2) is 7.11 Å². The molecule has 0 spiro atoms. The van der Waals surface area contributed by atoms with E-state index in [4.69, 9.17) is 33.2 Å². The third-order valence-electron chi connectivity index (χ3n) is 3.16. The normalized spacial score (nSPS) is 27.3. The van der Waals surface area contributed by atoms with Crippen LogP contribution in [0.15, 0.2) is 12.1 Å². The molecule has 2 rings (SSSR count). The summed E-state index contributed by atoms with van der Waals surface area (Å²) in [6, 6.07) is 5.99. The second kappa shape index (κ2) is 3.84. The molecule has 0 N–H and O–H groups in total. The van der Waals surface area contributed by atoms with Crippen molar-refractivity contribution < 1.29 is 4.74 Å². The zero-order chi connectivity index (χ0) is 11.9. The summed E-state index contributed by atoms with van der Waals surface area (Å²) in [7, 11) is 1.55. The van der Waals surface area contributed by atoms with Crippen LogP contribution in [0.5, 0.6) is 5.75 Å². The third-order valence-corrected chi connectivity index (χ3v) is 4.04. The van der Waals surface area contributed by atoms with E-state index in [0.29, 0.717) is 15.8 Å². The summed E-state index contributed by atoms with van der Waals surface area (Å²) in [5, 5.41) is 9.94. The van der Waals surface area contributed by atoms with Crippen molar-refractivity contribution in [2.24, 2.45) is 5.41 Å². The Morgan fingerprint density at radius 3 is 2.62 bits per heavy atom. The van der Waals surface area contributed by atoms with Crippen LogP contribution in [0.25, 0.3) is 0 Å². The number of ether oxygens (including phenoxy) is 1. The minimum Gasteiger partial charge on any atom is -0.495 e. The van der Waals surface area contributed by atoms with Gasteiger partial charge in [0.25, 0.3) is 0 Å². The van der Waals surface area contributed by atoms with Crippen molar-refractivity contribution >= 4 is 23.2 Å². The number of methoxy groups -OCH3 is 1. The molecule has 0 bridgehead atoms.